The van der Waals surface area contributed by atoms with E-state index in [0.717, 1.165) is 16.4 Å². The standard InChI is InChI=1S/C26H26F5N3O4S/c1-2-33-23(38-21-8-6-18(7-9-21)26(29,30)31)13-22(32-33)17-4-3-5-19(12-17)24(15-37-16-24)34(39(35)36)20-10-11-25(27,28)14-20/h3-9,12-13,20H,2,10-11,14-16H2,1H3,(H,35,36)/p-1. The van der Waals surface area contributed by atoms with Crippen molar-refractivity contribution in [2.24, 2.45) is 0 Å². The van der Waals surface area contributed by atoms with E-state index in [2.05, 4.69) is 5.10 Å². The molecule has 3 aromatic rings. The van der Waals surface area contributed by atoms with E-state index in [9.17, 15) is 30.7 Å². The van der Waals surface area contributed by atoms with Crippen LogP contribution in [0.25, 0.3) is 11.3 Å². The second-order valence-corrected chi connectivity index (χ2v) is 10.5. The summed E-state index contributed by atoms with van der Waals surface area (Å²) >= 11 is -2.77. The fourth-order valence-corrected chi connectivity index (χ4v) is 6.03. The summed E-state index contributed by atoms with van der Waals surface area (Å²) in [5.41, 5.74) is -0.225. The number of ether oxygens (including phenoxy) is 2. The SMILES string of the molecule is CCn1nc(-c2cccc(C3(N(C4CCC(F)(F)C4)S(=O)[O-])COC3)c2)cc1Oc1ccc(C(F)(F)F)cc1. The second-order valence-electron chi connectivity index (χ2n) is 9.71. The van der Waals surface area contributed by atoms with Gasteiger partial charge in [-0.2, -0.15) is 18.3 Å². The summed E-state index contributed by atoms with van der Waals surface area (Å²) in [5.74, 6) is -2.42. The highest BCUT2D eigenvalue weighted by molar-refractivity contribution is 7.76. The summed E-state index contributed by atoms with van der Waals surface area (Å²) in [5, 5.41) is 4.54. The van der Waals surface area contributed by atoms with Crippen molar-refractivity contribution in [1.82, 2.24) is 14.1 Å². The maximum absolute atomic E-state index is 14.0. The van der Waals surface area contributed by atoms with Crippen LogP contribution in [0.2, 0.25) is 0 Å². The molecule has 7 nitrogen and oxygen atoms in total. The molecule has 39 heavy (non-hydrogen) atoms. The highest BCUT2D eigenvalue weighted by atomic mass is 32.2. The van der Waals surface area contributed by atoms with Crippen molar-refractivity contribution < 1.29 is 40.2 Å². The van der Waals surface area contributed by atoms with E-state index >= 15 is 0 Å². The highest BCUT2D eigenvalue weighted by Crippen LogP contribution is 2.46. The quantitative estimate of drug-likeness (QED) is 0.249. The fraction of sp³-hybridized carbons (Fsp3) is 0.423. The highest BCUT2D eigenvalue weighted by Gasteiger charge is 2.53. The molecule has 2 aromatic carbocycles. The Kier molecular flexibility index (Phi) is 7.29. The van der Waals surface area contributed by atoms with Crippen molar-refractivity contribution >= 4 is 11.3 Å². The largest absolute Gasteiger partial charge is 0.760 e. The van der Waals surface area contributed by atoms with E-state index in [1.807, 2.05) is 6.92 Å². The van der Waals surface area contributed by atoms with Crippen molar-refractivity contribution in [3.63, 3.8) is 0 Å². The molecule has 2 fully saturated rings. The third-order valence-corrected chi connectivity index (χ3v) is 8.08. The molecule has 1 aliphatic heterocycles. The van der Waals surface area contributed by atoms with Gasteiger partial charge in [-0.1, -0.05) is 18.2 Å². The van der Waals surface area contributed by atoms with Crippen LogP contribution < -0.4 is 4.74 Å². The van der Waals surface area contributed by atoms with Gasteiger partial charge in [0.2, 0.25) is 11.8 Å². The maximum atomic E-state index is 14.0. The van der Waals surface area contributed by atoms with Gasteiger partial charge >= 0.3 is 6.18 Å². The van der Waals surface area contributed by atoms with Crippen molar-refractivity contribution in [3.8, 4) is 22.9 Å². The minimum absolute atomic E-state index is 0.0260. The summed E-state index contributed by atoms with van der Waals surface area (Å²) in [6, 6.07) is 12.1. The van der Waals surface area contributed by atoms with Gasteiger partial charge in [-0.3, -0.25) is 4.21 Å². The Bertz CT molecular complexity index is 1360. The van der Waals surface area contributed by atoms with Crippen LogP contribution in [0.15, 0.2) is 54.6 Å². The summed E-state index contributed by atoms with van der Waals surface area (Å²) in [6.07, 6.45) is -5.34. The minimum atomic E-state index is -4.46. The monoisotopic (exact) mass is 570 g/mol. The predicted octanol–water partition coefficient (Wildman–Crippen LogP) is 5.89. The molecule has 210 valence electrons. The summed E-state index contributed by atoms with van der Waals surface area (Å²) in [7, 11) is 0. The summed E-state index contributed by atoms with van der Waals surface area (Å²) in [4.78, 5) is 0. The Labute approximate surface area is 223 Å². The van der Waals surface area contributed by atoms with E-state index in [4.69, 9.17) is 9.47 Å². The van der Waals surface area contributed by atoms with Crippen LogP contribution in [0, 0.1) is 0 Å². The maximum Gasteiger partial charge on any atom is 0.416 e. The van der Waals surface area contributed by atoms with Crippen molar-refractivity contribution in [3.05, 3.63) is 65.7 Å². The molecular formula is C26H25F5N3O4S-. The summed E-state index contributed by atoms with van der Waals surface area (Å²) in [6.45, 7) is 2.29. The van der Waals surface area contributed by atoms with Crippen LogP contribution in [0.1, 0.15) is 37.3 Å². The van der Waals surface area contributed by atoms with E-state index < -0.39 is 46.9 Å². The first kappa shape index (κ1) is 27.7. The number of halogens is 5. The number of alkyl halides is 5. The molecule has 1 saturated heterocycles. The molecule has 0 bridgehead atoms. The average Bonchev–Trinajstić information content (AvgIpc) is 3.43. The molecule has 2 unspecified atom stereocenters. The molecule has 1 aromatic heterocycles. The smallest absolute Gasteiger partial charge is 0.416 e. The first-order chi connectivity index (χ1) is 18.4. The zero-order valence-corrected chi connectivity index (χ0v) is 21.6. The van der Waals surface area contributed by atoms with Gasteiger partial charge in [0.25, 0.3) is 0 Å². The van der Waals surface area contributed by atoms with E-state index in [1.165, 1.54) is 12.1 Å². The Morgan fingerprint density at radius 1 is 1.18 bits per heavy atom. The Balaban J connectivity index is 1.44. The van der Waals surface area contributed by atoms with E-state index in [0.29, 0.717) is 29.2 Å². The lowest BCUT2D eigenvalue weighted by atomic mass is 9.85. The number of aryl methyl sites for hydroxylation is 1. The molecule has 0 N–H and O–H groups in total. The third-order valence-electron chi connectivity index (χ3n) is 7.12. The zero-order chi connectivity index (χ0) is 28.0. The molecular weight excluding hydrogens is 545 g/mol. The van der Waals surface area contributed by atoms with Crippen LogP contribution >= 0.6 is 0 Å². The molecule has 2 heterocycles. The number of rotatable bonds is 8. The van der Waals surface area contributed by atoms with E-state index in [1.54, 1.807) is 35.0 Å². The first-order valence-corrected chi connectivity index (χ1v) is 13.3. The molecule has 0 radical (unpaired) electrons. The summed E-state index contributed by atoms with van der Waals surface area (Å²) < 4.78 is 105. The second kappa shape index (κ2) is 10.3. The van der Waals surface area contributed by atoms with Crippen LogP contribution in [0.4, 0.5) is 22.0 Å². The van der Waals surface area contributed by atoms with Gasteiger partial charge in [0.1, 0.15) is 11.3 Å². The minimum Gasteiger partial charge on any atom is -0.760 e. The molecule has 2 atom stereocenters. The molecule has 2 aliphatic rings. The van der Waals surface area contributed by atoms with Gasteiger partial charge < -0.3 is 14.0 Å². The Morgan fingerprint density at radius 3 is 2.44 bits per heavy atom. The van der Waals surface area contributed by atoms with Gasteiger partial charge in [0, 0.05) is 48.3 Å². The number of hydrogen-bond acceptors (Lipinski definition) is 5. The number of benzene rings is 2. The lowest BCUT2D eigenvalue weighted by Crippen LogP contribution is -2.62. The average molecular weight is 571 g/mol. The van der Waals surface area contributed by atoms with Gasteiger partial charge in [-0.15, -0.1) is 0 Å². The van der Waals surface area contributed by atoms with E-state index in [-0.39, 0.29) is 31.8 Å². The van der Waals surface area contributed by atoms with Crippen molar-refractivity contribution in [2.45, 2.75) is 56.4 Å². The normalized spacial score (nSPS) is 21.1. The van der Waals surface area contributed by atoms with Crippen molar-refractivity contribution in [1.29, 1.82) is 0 Å². The molecule has 0 amide bonds. The van der Waals surface area contributed by atoms with Crippen molar-refractivity contribution in [2.75, 3.05) is 13.2 Å². The molecule has 5 rings (SSSR count). The Hall–Kier alpha value is -2.87. The topological polar surface area (TPSA) is 79.7 Å². The molecule has 1 saturated carbocycles. The van der Waals surface area contributed by atoms with Gasteiger partial charge in [0.15, 0.2) is 0 Å². The third kappa shape index (κ3) is 5.45. The first-order valence-electron chi connectivity index (χ1n) is 12.3. The number of hydrogen-bond donors (Lipinski definition) is 0. The van der Waals surface area contributed by atoms with Crippen LogP contribution in [0.3, 0.4) is 0 Å². The Morgan fingerprint density at radius 2 is 1.90 bits per heavy atom. The number of nitrogens with zero attached hydrogens (tertiary/aromatic N) is 3. The van der Waals surface area contributed by atoms with Crippen LogP contribution in [-0.2, 0) is 34.3 Å². The van der Waals surface area contributed by atoms with Crippen LogP contribution in [-0.4, -0.2) is 48.0 Å². The predicted molar refractivity (Wildman–Crippen MR) is 131 cm³/mol. The number of aromatic nitrogens is 2. The van der Waals surface area contributed by atoms with Gasteiger partial charge in [-0.05, 0) is 49.2 Å². The van der Waals surface area contributed by atoms with Gasteiger partial charge in [-0.25, -0.2) is 17.8 Å². The zero-order valence-electron chi connectivity index (χ0n) is 20.8. The molecule has 0 spiro atoms. The lowest BCUT2D eigenvalue weighted by Gasteiger charge is -2.52. The van der Waals surface area contributed by atoms with Gasteiger partial charge in [0.05, 0.1) is 24.5 Å². The lowest BCUT2D eigenvalue weighted by molar-refractivity contribution is -0.137. The molecule has 1 aliphatic carbocycles. The fourth-order valence-electron chi connectivity index (χ4n) is 5.11. The van der Waals surface area contributed by atoms with Crippen LogP contribution in [0.5, 0.6) is 11.6 Å². The molecule has 13 heteroatoms.